The SMILES string of the molecule is Cc1ccccc1-n1c(Cn2nc(C(C)(C)C)c3c(N)ncnc32)nc2nccc(C)c2c1=O. The van der Waals surface area contributed by atoms with Crippen molar-refractivity contribution in [1.82, 2.24) is 34.3 Å². The van der Waals surface area contributed by atoms with Crippen LogP contribution in [-0.4, -0.2) is 34.3 Å². The van der Waals surface area contributed by atoms with E-state index < -0.39 is 0 Å². The van der Waals surface area contributed by atoms with Gasteiger partial charge in [0, 0.05) is 11.6 Å². The third kappa shape index (κ3) is 3.40. The number of aromatic nitrogens is 7. The van der Waals surface area contributed by atoms with Crippen LogP contribution < -0.4 is 11.3 Å². The molecule has 9 heteroatoms. The monoisotopic (exact) mass is 454 g/mol. The second-order valence-electron chi connectivity index (χ2n) is 9.50. The van der Waals surface area contributed by atoms with Gasteiger partial charge in [0.05, 0.1) is 22.2 Å². The number of pyridine rings is 1. The average Bonchev–Trinajstić information content (AvgIpc) is 3.15. The molecule has 0 saturated heterocycles. The van der Waals surface area contributed by atoms with Crippen LogP contribution in [0.4, 0.5) is 5.82 Å². The summed E-state index contributed by atoms with van der Waals surface area (Å²) < 4.78 is 3.40. The smallest absolute Gasteiger partial charge is 0.267 e. The summed E-state index contributed by atoms with van der Waals surface area (Å²) >= 11 is 0. The Kier molecular flexibility index (Phi) is 4.93. The topological polar surface area (TPSA) is 117 Å². The van der Waals surface area contributed by atoms with Crippen molar-refractivity contribution in [2.45, 2.75) is 46.6 Å². The van der Waals surface area contributed by atoms with Crippen LogP contribution in [0, 0.1) is 13.8 Å². The van der Waals surface area contributed by atoms with Crippen LogP contribution in [0.1, 0.15) is 43.4 Å². The zero-order valence-corrected chi connectivity index (χ0v) is 19.9. The Morgan fingerprint density at radius 2 is 1.74 bits per heavy atom. The number of rotatable bonds is 3. The fourth-order valence-electron chi connectivity index (χ4n) is 4.26. The van der Waals surface area contributed by atoms with Crippen LogP contribution in [0.2, 0.25) is 0 Å². The Balaban J connectivity index is 1.82. The van der Waals surface area contributed by atoms with Gasteiger partial charge < -0.3 is 5.73 Å². The van der Waals surface area contributed by atoms with Crippen molar-refractivity contribution in [3.63, 3.8) is 0 Å². The molecule has 0 unspecified atom stereocenters. The summed E-state index contributed by atoms with van der Waals surface area (Å²) in [7, 11) is 0. The highest BCUT2D eigenvalue weighted by Gasteiger charge is 2.26. The Labute approximate surface area is 196 Å². The van der Waals surface area contributed by atoms with E-state index in [1.54, 1.807) is 15.4 Å². The van der Waals surface area contributed by atoms with E-state index in [0.717, 1.165) is 27.9 Å². The van der Waals surface area contributed by atoms with E-state index in [0.29, 0.717) is 28.3 Å². The summed E-state index contributed by atoms with van der Waals surface area (Å²) in [6, 6.07) is 9.57. The van der Waals surface area contributed by atoms with E-state index in [4.69, 9.17) is 15.8 Å². The Hall–Kier alpha value is -4.14. The van der Waals surface area contributed by atoms with E-state index in [2.05, 4.69) is 35.7 Å². The van der Waals surface area contributed by atoms with Gasteiger partial charge >= 0.3 is 0 Å². The maximum atomic E-state index is 13.8. The molecule has 0 aliphatic heterocycles. The third-order valence-corrected chi connectivity index (χ3v) is 5.97. The number of nitrogens with two attached hydrogens (primary N) is 1. The third-order valence-electron chi connectivity index (χ3n) is 5.97. The lowest BCUT2D eigenvalue weighted by Gasteiger charge is -2.17. The molecular formula is C25H26N8O. The van der Waals surface area contributed by atoms with E-state index in [1.807, 2.05) is 44.2 Å². The van der Waals surface area contributed by atoms with Gasteiger partial charge in [-0.05, 0) is 37.1 Å². The van der Waals surface area contributed by atoms with Gasteiger partial charge in [0.2, 0.25) is 0 Å². The summed E-state index contributed by atoms with van der Waals surface area (Å²) in [5.74, 6) is 0.883. The van der Waals surface area contributed by atoms with Crippen molar-refractivity contribution in [1.29, 1.82) is 0 Å². The average molecular weight is 455 g/mol. The summed E-state index contributed by atoms with van der Waals surface area (Å²) in [5, 5.41) is 6.08. The summed E-state index contributed by atoms with van der Waals surface area (Å²) in [6.45, 7) is 10.3. The molecule has 0 aliphatic rings. The molecule has 4 heterocycles. The van der Waals surface area contributed by atoms with Crippen LogP contribution in [0.15, 0.2) is 47.7 Å². The van der Waals surface area contributed by atoms with Crippen molar-refractivity contribution in [3.05, 3.63) is 75.9 Å². The first-order chi connectivity index (χ1) is 16.2. The molecule has 0 spiro atoms. The lowest BCUT2D eigenvalue weighted by Crippen LogP contribution is -2.27. The maximum absolute atomic E-state index is 13.8. The molecule has 2 N–H and O–H groups in total. The predicted molar refractivity (Wildman–Crippen MR) is 132 cm³/mol. The molecule has 9 nitrogen and oxygen atoms in total. The lowest BCUT2D eigenvalue weighted by molar-refractivity contribution is 0.544. The molecule has 5 rings (SSSR count). The number of hydrogen-bond acceptors (Lipinski definition) is 7. The number of aryl methyl sites for hydroxylation is 2. The second-order valence-corrected chi connectivity index (χ2v) is 9.50. The van der Waals surface area contributed by atoms with Crippen molar-refractivity contribution < 1.29 is 0 Å². The van der Waals surface area contributed by atoms with E-state index in [1.165, 1.54) is 6.33 Å². The molecule has 0 aliphatic carbocycles. The van der Waals surface area contributed by atoms with Crippen molar-refractivity contribution >= 4 is 27.9 Å². The molecule has 1 aromatic carbocycles. The summed E-state index contributed by atoms with van der Waals surface area (Å²) in [5.41, 5.74) is 10.1. The molecule has 0 amide bonds. The highest BCUT2D eigenvalue weighted by atomic mass is 16.1. The normalized spacial score (nSPS) is 12.0. The number of nitrogens with zero attached hydrogens (tertiary/aromatic N) is 7. The van der Waals surface area contributed by atoms with Crippen molar-refractivity contribution in [2.75, 3.05) is 5.73 Å². The van der Waals surface area contributed by atoms with Gasteiger partial charge in [-0.3, -0.25) is 9.36 Å². The van der Waals surface area contributed by atoms with Gasteiger partial charge in [-0.25, -0.2) is 24.6 Å². The van der Waals surface area contributed by atoms with Crippen LogP contribution in [0.5, 0.6) is 0 Å². The zero-order chi connectivity index (χ0) is 24.2. The highest BCUT2D eigenvalue weighted by molar-refractivity contribution is 5.89. The van der Waals surface area contributed by atoms with Crippen LogP contribution in [0.3, 0.4) is 0 Å². The summed E-state index contributed by atoms with van der Waals surface area (Å²) in [4.78, 5) is 31.7. The minimum absolute atomic E-state index is 0.165. The van der Waals surface area contributed by atoms with E-state index in [-0.39, 0.29) is 17.5 Å². The molecule has 0 saturated carbocycles. The molecule has 5 aromatic rings. The molecule has 0 bridgehead atoms. The Bertz CT molecular complexity index is 1620. The molecule has 0 atom stereocenters. The molecule has 0 fully saturated rings. The second kappa shape index (κ2) is 7.72. The van der Waals surface area contributed by atoms with Gasteiger partial charge in [-0.2, -0.15) is 5.10 Å². The Morgan fingerprint density at radius 1 is 0.971 bits per heavy atom. The summed E-state index contributed by atoms with van der Waals surface area (Å²) in [6.07, 6.45) is 3.09. The first-order valence-corrected chi connectivity index (χ1v) is 11.1. The molecule has 172 valence electrons. The fraction of sp³-hybridized carbons (Fsp3) is 0.280. The van der Waals surface area contributed by atoms with Crippen molar-refractivity contribution in [2.24, 2.45) is 0 Å². The first-order valence-electron chi connectivity index (χ1n) is 11.1. The van der Waals surface area contributed by atoms with Crippen molar-refractivity contribution in [3.8, 4) is 5.69 Å². The van der Waals surface area contributed by atoms with Gasteiger partial charge in [-0.1, -0.05) is 39.0 Å². The molecule has 34 heavy (non-hydrogen) atoms. The van der Waals surface area contributed by atoms with Crippen LogP contribution in [-0.2, 0) is 12.0 Å². The van der Waals surface area contributed by atoms with Gasteiger partial charge in [0.25, 0.3) is 5.56 Å². The number of para-hydroxylation sites is 1. The Morgan fingerprint density at radius 3 is 2.47 bits per heavy atom. The first kappa shape index (κ1) is 21.7. The minimum Gasteiger partial charge on any atom is -0.383 e. The van der Waals surface area contributed by atoms with E-state index >= 15 is 0 Å². The number of fused-ring (bicyclic) bond motifs is 2. The minimum atomic E-state index is -0.284. The molecular weight excluding hydrogens is 428 g/mol. The largest absolute Gasteiger partial charge is 0.383 e. The maximum Gasteiger partial charge on any atom is 0.267 e. The van der Waals surface area contributed by atoms with Gasteiger partial charge in [0.1, 0.15) is 24.5 Å². The number of benzene rings is 1. The number of nitrogen functional groups attached to an aromatic ring is 1. The van der Waals surface area contributed by atoms with Crippen LogP contribution >= 0.6 is 0 Å². The predicted octanol–water partition coefficient (Wildman–Crippen LogP) is 3.47. The number of anilines is 1. The van der Waals surface area contributed by atoms with E-state index in [9.17, 15) is 4.79 Å². The van der Waals surface area contributed by atoms with Crippen LogP contribution in [0.25, 0.3) is 27.8 Å². The lowest BCUT2D eigenvalue weighted by atomic mass is 9.90. The molecule has 0 radical (unpaired) electrons. The fourth-order valence-corrected chi connectivity index (χ4v) is 4.26. The quantitative estimate of drug-likeness (QED) is 0.443. The zero-order valence-electron chi connectivity index (χ0n) is 19.9. The van der Waals surface area contributed by atoms with Gasteiger partial charge in [0.15, 0.2) is 11.3 Å². The standard InChI is InChI=1S/C25H26N8O/c1-14-8-6-7-9-16(14)33-17(30-22-18(24(33)34)15(2)10-11-27-22)12-32-23-19(21(26)28-13-29-23)20(31-32)25(3,4)5/h6-11,13H,12H2,1-5H3,(H2,26,28,29). The number of hydrogen-bond donors (Lipinski definition) is 1. The highest BCUT2D eigenvalue weighted by Crippen LogP contribution is 2.31. The van der Waals surface area contributed by atoms with Gasteiger partial charge in [-0.15, -0.1) is 0 Å². The molecule has 4 aromatic heterocycles.